The van der Waals surface area contributed by atoms with Crippen molar-refractivity contribution < 1.29 is 14.3 Å². The summed E-state index contributed by atoms with van der Waals surface area (Å²) in [4.78, 5) is 26.6. The number of hydrogen-bond donors (Lipinski definition) is 0. The third-order valence-electron chi connectivity index (χ3n) is 5.05. The van der Waals surface area contributed by atoms with Crippen LogP contribution in [0.15, 0.2) is 42.7 Å². The van der Waals surface area contributed by atoms with E-state index in [9.17, 15) is 9.59 Å². The molecular weight excluding hydrogens is 378 g/mol. The van der Waals surface area contributed by atoms with E-state index in [2.05, 4.69) is 6.92 Å². The number of halogens is 1. The summed E-state index contributed by atoms with van der Waals surface area (Å²) >= 11 is 6.18. The summed E-state index contributed by atoms with van der Waals surface area (Å²) in [5, 5.41) is 1.45. The van der Waals surface area contributed by atoms with Gasteiger partial charge in [0.05, 0.1) is 11.6 Å². The van der Waals surface area contributed by atoms with Crippen molar-refractivity contribution in [3.05, 3.63) is 53.4 Å². The number of hydrogen-bond acceptors (Lipinski definition) is 3. The standard InChI is InChI=1S/C21H22ClN3O3/c1-2-3-12-28-19(26)14-24-8-6-15-13-16(4-5-18(15)24)25-11-10-23-9-7-17(22)20(23)21(25)27/h4-9,13H,2-3,10-12,14H2,1H3. The minimum Gasteiger partial charge on any atom is -0.464 e. The zero-order valence-corrected chi connectivity index (χ0v) is 16.5. The molecule has 4 rings (SSSR count). The SMILES string of the molecule is CCCCOC(=O)Cn1ccc2cc(N3CCn4ccc(Cl)c4C3=O)ccc21. The van der Waals surface area contributed by atoms with Crippen LogP contribution in [0.5, 0.6) is 0 Å². The molecule has 3 heterocycles. The molecule has 1 aromatic carbocycles. The van der Waals surface area contributed by atoms with Gasteiger partial charge in [0, 0.05) is 42.1 Å². The molecule has 28 heavy (non-hydrogen) atoms. The van der Waals surface area contributed by atoms with E-state index in [1.165, 1.54) is 0 Å². The molecule has 6 nitrogen and oxygen atoms in total. The van der Waals surface area contributed by atoms with Gasteiger partial charge in [0.25, 0.3) is 5.91 Å². The average Bonchev–Trinajstić information content (AvgIpc) is 3.26. The molecule has 0 saturated carbocycles. The Hall–Kier alpha value is -2.73. The smallest absolute Gasteiger partial charge is 0.325 e. The van der Waals surface area contributed by atoms with Crippen molar-refractivity contribution >= 4 is 40.1 Å². The third-order valence-corrected chi connectivity index (χ3v) is 5.36. The Morgan fingerprint density at radius 3 is 2.86 bits per heavy atom. The van der Waals surface area contributed by atoms with Crippen LogP contribution >= 0.6 is 11.6 Å². The molecule has 0 unspecified atom stereocenters. The van der Waals surface area contributed by atoms with Crippen molar-refractivity contribution in [2.24, 2.45) is 0 Å². The summed E-state index contributed by atoms with van der Waals surface area (Å²) in [6.07, 6.45) is 5.58. The van der Waals surface area contributed by atoms with E-state index in [0.717, 1.165) is 29.4 Å². The molecule has 3 aromatic rings. The van der Waals surface area contributed by atoms with E-state index in [0.29, 0.717) is 30.4 Å². The lowest BCUT2D eigenvalue weighted by Gasteiger charge is -2.28. The largest absolute Gasteiger partial charge is 0.464 e. The fourth-order valence-corrected chi connectivity index (χ4v) is 3.79. The first-order valence-corrected chi connectivity index (χ1v) is 9.87. The molecule has 0 spiro atoms. The molecular formula is C21H22ClN3O3. The Labute approximate surface area is 168 Å². The maximum absolute atomic E-state index is 12.9. The molecule has 2 aromatic heterocycles. The van der Waals surface area contributed by atoms with Crippen LogP contribution in [0.4, 0.5) is 5.69 Å². The number of aromatic nitrogens is 2. The highest BCUT2D eigenvalue weighted by Gasteiger charge is 2.28. The molecule has 7 heteroatoms. The third kappa shape index (κ3) is 3.40. The van der Waals surface area contributed by atoms with Crippen LogP contribution in [0, 0.1) is 0 Å². The number of ether oxygens (including phenoxy) is 1. The summed E-state index contributed by atoms with van der Waals surface area (Å²) in [6.45, 7) is 3.99. The van der Waals surface area contributed by atoms with E-state index in [4.69, 9.17) is 16.3 Å². The number of unbranched alkanes of at least 4 members (excludes halogenated alkanes) is 1. The Morgan fingerprint density at radius 2 is 2.04 bits per heavy atom. The number of nitrogens with zero attached hydrogens (tertiary/aromatic N) is 3. The van der Waals surface area contributed by atoms with Crippen molar-refractivity contribution in [3.8, 4) is 0 Å². The quantitative estimate of drug-likeness (QED) is 0.463. The Morgan fingerprint density at radius 1 is 1.18 bits per heavy atom. The predicted octanol–water partition coefficient (Wildman–Crippen LogP) is 4.10. The van der Waals surface area contributed by atoms with Crippen LogP contribution in [-0.4, -0.2) is 34.2 Å². The predicted molar refractivity (Wildman–Crippen MR) is 109 cm³/mol. The van der Waals surface area contributed by atoms with Gasteiger partial charge in [-0.05, 0) is 36.8 Å². The number of fused-ring (bicyclic) bond motifs is 2. The first-order valence-electron chi connectivity index (χ1n) is 9.49. The molecule has 1 amide bonds. The Bertz CT molecular complexity index is 1040. The molecule has 0 aliphatic carbocycles. The number of rotatable bonds is 6. The van der Waals surface area contributed by atoms with Gasteiger partial charge in [-0.15, -0.1) is 0 Å². The van der Waals surface area contributed by atoms with Gasteiger partial charge < -0.3 is 18.8 Å². The highest BCUT2D eigenvalue weighted by atomic mass is 35.5. The lowest BCUT2D eigenvalue weighted by atomic mass is 10.2. The van der Waals surface area contributed by atoms with Crippen LogP contribution in [0.3, 0.4) is 0 Å². The van der Waals surface area contributed by atoms with Crippen molar-refractivity contribution in [3.63, 3.8) is 0 Å². The van der Waals surface area contributed by atoms with Gasteiger partial charge in [-0.2, -0.15) is 0 Å². The van der Waals surface area contributed by atoms with E-state index >= 15 is 0 Å². The van der Waals surface area contributed by atoms with Crippen molar-refractivity contribution in [1.29, 1.82) is 0 Å². The van der Waals surface area contributed by atoms with Crippen LogP contribution in [0.25, 0.3) is 10.9 Å². The van der Waals surface area contributed by atoms with E-state index in [1.807, 2.05) is 45.8 Å². The summed E-state index contributed by atoms with van der Waals surface area (Å²) in [5.74, 6) is -0.337. The lowest BCUT2D eigenvalue weighted by Crippen LogP contribution is -2.40. The van der Waals surface area contributed by atoms with Crippen LogP contribution in [0.2, 0.25) is 5.02 Å². The summed E-state index contributed by atoms with van der Waals surface area (Å²) in [7, 11) is 0. The van der Waals surface area contributed by atoms with Gasteiger partial charge in [0.15, 0.2) is 0 Å². The highest BCUT2D eigenvalue weighted by Crippen LogP contribution is 2.29. The summed E-state index contributed by atoms with van der Waals surface area (Å²) in [5.41, 5.74) is 2.28. The normalized spacial score (nSPS) is 13.8. The molecule has 0 N–H and O–H groups in total. The van der Waals surface area contributed by atoms with Gasteiger partial charge >= 0.3 is 5.97 Å². The van der Waals surface area contributed by atoms with Crippen molar-refractivity contribution in [2.75, 3.05) is 18.1 Å². The van der Waals surface area contributed by atoms with Crippen LogP contribution in [0.1, 0.15) is 30.3 Å². The van der Waals surface area contributed by atoms with E-state index in [1.54, 1.807) is 11.0 Å². The molecule has 1 aliphatic rings. The zero-order valence-electron chi connectivity index (χ0n) is 15.7. The van der Waals surface area contributed by atoms with E-state index in [-0.39, 0.29) is 18.4 Å². The Kier molecular flexibility index (Phi) is 5.13. The second kappa shape index (κ2) is 7.72. The molecule has 0 bridgehead atoms. The summed E-state index contributed by atoms with van der Waals surface area (Å²) < 4.78 is 9.00. The van der Waals surface area contributed by atoms with Gasteiger partial charge in [-0.25, -0.2) is 0 Å². The topological polar surface area (TPSA) is 56.5 Å². The second-order valence-electron chi connectivity index (χ2n) is 6.92. The van der Waals surface area contributed by atoms with E-state index < -0.39 is 0 Å². The first-order chi connectivity index (χ1) is 13.6. The molecule has 0 atom stereocenters. The van der Waals surface area contributed by atoms with Gasteiger partial charge in [0.2, 0.25) is 0 Å². The fourth-order valence-electron chi connectivity index (χ4n) is 3.55. The lowest BCUT2D eigenvalue weighted by molar-refractivity contribution is -0.144. The first kappa shape index (κ1) is 18.6. The number of esters is 1. The molecule has 0 fully saturated rings. The fraction of sp³-hybridized carbons (Fsp3) is 0.333. The average molecular weight is 400 g/mol. The zero-order chi connectivity index (χ0) is 19.7. The van der Waals surface area contributed by atoms with Gasteiger partial charge in [-0.3, -0.25) is 9.59 Å². The molecule has 0 radical (unpaired) electrons. The Balaban J connectivity index is 1.54. The number of anilines is 1. The van der Waals surface area contributed by atoms with Crippen molar-refractivity contribution in [2.45, 2.75) is 32.9 Å². The molecule has 146 valence electrons. The van der Waals surface area contributed by atoms with Crippen LogP contribution < -0.4 is 4.90 Å². The maximum Gasteiger partial charge on any atom is 0.325 e. The number of carbonyl (C=O) groups excluding carboxylic acids is 2. The van der Waals surface area contributed by atoms with Gasteiger partial charge in [0.1, 0.15) is 12.2 Å². The minimum atomic E-state index is -0.239. The minimum absolute atomic E-state index is 0.0977. The van der Waals surface area contributed by atoms with Gasteiger partial charge in [-0.1, -0.05) is 24.9 Å². The molecule has 0 saturated heterocycles. The summed E-state index contributed by atoms with van der Waals surface area (Å²) in [6, 6.07) is 9.51. The highest BCUT2D eigenvalue weighted by molar-refractivity contribution is 6.34. The number of amides is 1. The van der Waals surface area contributed by atoms with Crippen LogP contribution in [-0.2, 0) is 22.6 Å². The molecule has 1 aliphatic heterocycles. The number of carbonyl (C=O) groups is 2. The van der Waals surface area contributed by atoms with Crippen molar-refractivity contribution in [1.82, 2.24) is 9.13 Å². The monoisotopic (exact) mass is 399 g/mol. The number of benzene rings is 1. The maximum atomic E-state index is 12.9. The second-order valence-corrected chi connectivity index (χ2v) is 7.33.